The SMILES string of the molecule is O=C(NCc1ccc(N2CCCC2)cc1)C1CCc2sc(C(=O)N3CCCC3)cc2C1. The van der Waals surface area contributed by atoms with E-state index in [0.29, 0.717) is 6.54 Å². The van der Waals surface area contributed by atoms with E-state index in [9.17, 15) is 9.59 Å². The minimum absolute atomic E-state index is 0.000659. The summed E-state index contributed by atoms with van der Waals surface area (Å²) in [5.74, 6) is 0.309. The molecule has 0 spiro atoms. The van der Waals surface area contributed by atoms with Crippen molar-refractivity contribution in [2.24, 2.45) is 5.92 Å². The second kappa shape index (κ2) is 9.03. The summed E-state index contributed by atoms with van der Waals surface area (Å²) in [7, 11) is 0. The Morgan fingerprint density at radius 1 is 1.00 bits per heavy atom. The number of nitrogens with zero attached hydrogens (tertiary/aromatic N) is 2. The summed E-state index contributed by atoms with van der Waals surface area (Å²) < 4.78 is 0. The fraction of sp³-hybridized carbons (Fsp3) is 0.520. The summed E-state index contributed by atoms with van der Waals surface area (Å²) in [6.07, 6.45) is 7.29. The van der Waals surface area contributed by atoms with Gasteiger partial charge in [-0.05, 0) is 74.3 Å². The lowest BCUT2D eigenvalue weighted by molar-refractivity contribution is -0.125. The number of benzene rings is 1. The molecule has 31 heavy (non-hydrogen) atoms. The second-order valence-corrected chi connectivity index (χ2v) is 10.2. The van der Waals surface area contributed by atoms with Gasteiger partial charge in [0.1, 0.15) is 0 Å². The van der Waals surface area contributed by atoms with Crippen LogP contribution in [0.2, 0.25) is 0 Å². The maximum atomic E-state index is 12.8. The highest BCUT2D eigenvalue weighted by molar-refractivity contribution is 7.14. The van der Waals surface area contributed by atoms with Crippen LogP contribution >= 0.6 is 11.3 Å². The topological polar surface area (TPSA) is 52.7 Å². The Kier molecular flexibility index (Phi) is 5.99. The molecule has 0 saturated carbocycles. The highest BCUT2D eigenvalue weighted by Crippen LogP contribution is 2.33. The third kappa shape index (κ3) is 4.49. The third-order valence-electron chi connectivity index (χ3n) is 6.93. The Balaban J connectivity index is 1.15. The lowest BCUT2D eigenvalue weighted by atomic mass is 9.87. The van der Waals surface area contributed by atoms with Crippen LogP contribution in [-0.2, 0) is 24.2 Å². The number of hydrogen-bond acceptors (Lipinski definition) is 4. The maximum Gasteiger partial charge on any atom is 0.263 e. The fourth-order valence-corrected chi connectivity index (χ4v) is 6.24. The highest BCUT2D eigenvalue weighted by Gasteiger charge is 2.29. The number of aryl methyl sites for hydroxylation is 1. The molecule has 5 rings (SSSR count). The zero-order valence-electron chi connectivity index (χ0n) is 18.1. The standard InChI is InChI=1S/C25H31N3O2S/c29-24(26-17-18-5-8-21(9-6-18)27-11-1-2-12-27)19-7-10-22-20(15-19)16-23(31-22)25(30)28-13-3-4-14-28/h5-6,8-9,16,19H,1-4,7,10-15,17H2,(H,26,29). The number of rotatable bonds is 5. The number of nitrogens with one attached hydrogen (secondary N) is 1. The molecule has 0 bridgehead atoms. The number of anilines is 1. The zero-order valence-corrected chi connectivity index (χ0v) is 18.9. The van der Waals surface area contributed by atoms with Gasteiger partial charge in [-0.2, -0.15) is 0 Å². The van der Waals surface area contributed by atoms with Crippen molar-refractivity contribution in [1.29, 1.82) is 0 Å². The van der Waals surface area contributed by atoms with Crippen LogP contribution in [0.5, 0.6) is 0 Å². The number of amides is 2. The maximum absolute atomic E-state index is 12.8. The normalized spacial score (nSPS) is 20.7. The fourth-order valence-electron chi connectivity index (χ4n) is 5.06. The summed E-state index contributed by atoms with van der Waals surface area (Å²) in [5.41, 5.74) is 3.62. The highest BCUT2D eigenvalue weighted by atomic mass is 32.1. The number of carbonyl (C=O) groups is 2. The first-order valence-corrected chi connectivity index (χ1v) is 12.5. The molecule has 2 aliphatic heterocycles. The van der Waals surface area contributed by atoms with Gasteiger partial charge in [-0.15, -0.1) is 11.3 Å². The van der Waals surface area contributed by atoms with E-state index in [0.717, 1.165) is 68.7 Å². The molecule has 1 aromatic heterocycles. The zero-order chi connectivity index (χ0) is 21.2. The molecule has 6 heteroatoms. The van der Waals surface area contributed by atoms with Crippen LogP contribution in [0.3, 0.4) is 0 Å². The van der Waals surface area contributed by atoms with Crippen LogP contribution in [0, 0.1) is 5.92 Å². The first-order chi connectivity index (χ1) is 15.2. The van der Waals surface area contributed by atoms with Gasteiger partial charge < -0.3 is 15.1 Å². The summed E-state index contributed by atoms with van der Waals surface area (Å²) >= 11 is 1.64. The van der Waals surface area contributed by atoms with Crippen molar-refractivity contribution in [3.63, 3.8) is 0 Å². The van der Waals surface area contributed by atoms with Gasteiger partial charge >= 0.3 is 0 Å². The van der Waals surface area contributed by atoms with Gasteiger partial charge in [0.2, 0.25) is 5.91 Å². The van der Waals surface area contributed by atoms with E-state index in [-0.39, 0.29) is 17.7 Å². The molecule has 2 amide bonds. The molecule has 0 radical (unpaired) electrons. The van der Waals surface area contributed by atoms with E-state index < -0.39 is 0 Å². The van der Waals surface area contributed by atoms with Crippen LogP contribution in [0.1, 0.15) is 57.8 Å². The first kappa shape index (κ1) is 20.6. The Labute approximate surface area is 188 Å². The van der Waals surface area contributed by atoms with Gasteiger partial charge in [0.15, 0.2) is 0 Å². The van der Waals surface area contributed by atoms with Crippen LogP contribution in [0.4, 0.5) is 5.69 Å². The number of thiophene rings is 1. The number of carbonyl (C=O) groups excluding carboxylic acids is 2. The average Bonchev–Trinajstić information content (AvgIpc) is 3.57. The molecule has 1 unspecified atom stereocenters. The van der Waals surface area contributed by atoms with Gasteiger partial charge in [0, 0.05) is 49.2 Å². The van der Waals surface area contributed by atoms with Gasteiger partial charge in [0.25, 0.3) is 5.91 Å². The van der Waals surface area contributed by atoms with Crippen molar-refractivity contribution in [2.75, 3.05) is 31.1 Å². The van der Waals surface area contributed by atoms with Gasteiger partial charge in [-0.25, -0.2) is 0 Å². The van der Waals surface area contributed by atoms with Crippen LogP contribution in [0.25, 0.3) is 0 Å². The van der Waals surface area contributed by atoms with E-state index >= 15 is 0 Å². The summed E-state index contributed by atoms with van der Waals surface area (Å²) in [4.78, 5) is 32.1. The summed E-state index contributed by atoms with van der Waals surface area (Å²) in [5, 5.41) is 3.14. The molecule has 2 aromatic rings. The van der Waals surface area contributed by atoms with Crippen molar-refractivity contribution >= 4 is 28.8 Å². The third-order valence-corrected chi connectivity index (χ3v) is 8.16. The van der Waals surface area contributed by atoms with Crippen molar-refractivity contribution in [3.05, 3.63) is 51.2 Å². The molecule has 1 aliphatic carbocycles. The molecule has 5 nitrogen and oxygen atoms in total. The van der Waals surface area contributed by atoms with Gasteiger partial charge in [-0.1, -0.05) is 12.1 Å². The second-order valence-electron chi connectivity index (χ2n) is 9.08. The van der Waals surface area contributed by atoms with Crippen LogP contribution in [-0.4, -0.2) is 42.9 Å². The van der Waals surface area contributed by atoms with E-state index in [4.69, 9.17) is 0 Å². The molecule has 1 N–H and O–H groups in total. The monoisotopic (exact) mass is 437 g/mol. The van der Waals surface area contributed by atoms with Gasteiger partial charge in [0.05, 0.1) is 4.88 Å². The van der Waals surface area contributed by atoms with E-state index in [1.165, 1.54) is 29.0 Å². The Hall–Kier alpha value is -2.34. The first-order valence-electron chi connectivity index (χ1n) is 11.7. The molecule has 2 saturated heterocycles. The largest absolute Gasteiger partial charge is 0.372 e. The molecule has 3 heterocycles. The Morgan fingerprint density at radius 2 is 1.71 bits per heavy atom. The Morgan fingerprint density at radius 3 is 2.45 bits per heavy atom. The van der Waals surface area contributed by atoms with Crippen LogP contribution in [0.15, 0.2) is 30.3 Å². The lowest BCUT2D eigenvalue weighted by Gasteiger charge is -2.21. The predicted molar refractivity (Wildman–Crippen MR) is 125 cm³/mol. The molecule has 3 aliphatic rings. The molecule has 1 atom stereocenters. The predicted octanol–water partition coefficient (Wildman–Crippen LogP) is 4.01. The van der Waals surface area contributed by atoms with Crippen molar-refractivity contribution < 1.29 is 9.59 Å². The van der Waals surface area contributed by atoms with Crippen molar-refractivity contribution in [2.45, 2.75) is 51.5 Å². The van der Waals surface area contributed by atoms with Crippen LogP contribution < -0.4 is 10.2 Å². The molecular formula is C25H31N3O2S. The minimum atomic E-state index is 0.000659. The lowest BCUT2D eigenvalue weighted by Crippen LogP contribution is -2.33. The Bertz CT molecular complexity index is 940. The smallest absolute Gasteiger partial charge is 0.263 e. The van der Waals surface area contributed by atoms with Crippen molar-refractivity contribution in [3.8, 4) is 0 Å². The van der Waals surface area contributed by atoms with E-state index in [2.05, 4.69) is 40.5 Å². The molecule has 2 fully saturated rings. The van der Waals surface area contributed by atoms with E-state index in [1.807, 2.05) is 4.90 Å². The minimum Gasteiger partial charge on any atom is -0.372 e. The number of likely N-dealkylation sites (tertiary alicyclic amines) is 1. The summed E-state index contributed by atoms with van der Waals surface area (Å²) in [6, 6.07) is 10.6. The quantitative estimate of drug-likeness (QED) is 0.769. The van der Waals surface area contributed by atoms with E-state index in [1.54, 1.807) is 11.3 Å². The summed E-state index contributed by atoms with van der Waals surface area (Å²) in [6.45, 7) is 4.63. The van der Waals surface area contributed by atoms with Crippen molar-refractivity contribution in [1.82, 2.24) is 10.2 Å². The molecule has 1 aromatic carbocycles. The van der Waals surface area contributed by atoms with Gasteiger partial charge in [-0.3, -0.25) is 9.59 Å². The molecular weight excluding hydrogens is 406 g/mol. The number of hydrogen-bond donors (Lipinski definition) is 1. The molecule has 164 valence electrons. The number of fused-ring (bicyclic) bond motifs is 1. The average molecular weight is 438 g/mol.